The molecule has 1 aromatic carbocycles. The van der Waals surface area contributed by atoms with Gasteiger partial charge in [-0.3, -0.25) is 0 Å². The van der Waals surface area contributed by atoms with Crippen LogP contribution in [-0.2, 0) is 4.74 Å². The van der Waals surface area contributed by atoms with E-state index in [1.165, 1.54) is 7.11 Å². The summed E-state index contributed by atoms with van der Waals surface area (Å²) in [7, 11) is 1.35. The molecule has 0 radical (unpaired) electrons. The first-order valence-corrected chi connectivity index (χ1v) is 4.76. The lowest BCUT2D eigenvalue weighted by atomic mass is 10.3. The van der Waals surface area contributed by atoms with Crippen molar-refractivity contribution in [3.05, 3.63) is 18.2 Å². The van der Waals surface area contributed by atoms with Gasteiger partial charge >= 0.3 is 5.30 Å². The predicted octanol–water partition coefficient (Wildman–Crippen LogP) is 2.27. The number of hydrogen-bond acceptors (Lipinski definition) is 5. The number of benzene rings is 1. The van der Waals surface area contributed by atoms with E-state index in [4.69, 9.17) is 9.47 Å². The van der Waals surface area contributed by atoms with Gasteiger partial charge in [0, 0.05) is 4.90 Å². The Labute approximate surface area is 85.1 Å². The van der Waals surface area contributed by atoms with Crippen LogP contribution in [0.4, 0.5) is 4.79 Å². The molecular formula is C9H8O4S. The molecule has 0 bridgehead atoms. The summed E-state index contributed by atoms with van der Waals surface area (Å²) in [5, 5.41) is -0.344. The van der Waals surface area contributed by atoms with Crippen LogP contribution in [0.15, 0.2) is 23.1 Å². The van der Waals surface area contributed by atoms with Crippen LogP contribution in [0.25, 0.3) is 0 Å². The molecule has 2 rings (SSSR count). The third-order valence-electron chi connectivity index (χ3n) is 1.71. The summed E-state index contributed by atoms with van der Waals surface area (Å²) in [5.41, 5.74) is 0. The molecule has 0 aliphatic carbocycles. The van der Waals surface area contributed by atoms with E-state index < -0.39 is 0 Å². The van der Waals surface area contributed by atoms with Crippen molar-refractivity contribution in [3.8, 4) is 11.5 Å². The lowest BCUT2D eigenvalue weighted by molar-refractivity contribution is 0.174. The second-order valence-electron chi connectivity index (χ2n) is 2.57. The minimum absolute atomic E-state index is 0.238. The van der Waals surface area contributed by atoms with E-state index >= 15 is 0 Å². The molecule has 0 fully saturated rings. The van der Waals surface area contributed by atoms with Gasteiger partial charge in [-0.2, -0.15) is 0 Å². The van der Waals surface area contributed by atoms with Gasteiger partial charge in [0.2, 0.25) is 6.79 Å². The fourth-order valence-electron chi connectivity index (χ4n) is 1.08. The first kappa shape index (κ1) is 9.21. The Morgan fingerprint density at radius 1 is 1.43 bits per heavy atom. The molecule has 5 heteroatoms. The quantitative estimate of drug-likeness (QED) is 0.527. The van der Waals surface area contributed by atoms with Crippen LogP contribution in [0.1, 0.15) is 0 Å². The smallest absolute Gasteiger partial charge is 0.371 e. The number of thioether (sulfide) groups is 1. The Balaban J connectivity index is 2.16. The Morgan fingerprint density at radius 2 is 2.21 bits per heavy atom. The Hall–Kier alpha value is -1.36. The van der Waals surface area contributed by atoms with Gasteiger partial charge in [0.05, 0.1) is 7.11 Å². The zero-order valence-corrected chi connectivity index (χ0v) is 8.30. The minimum Gasteiger partial charge on any atom is -0.461 e. The highest BCUT2D eigenvalue weighted by atomic mass is 32.2. The summed E-state index contributed by atoms with van der Waals surface area (Å²) >= 11 is 1.01. The topological polar surface area (TPSA) is 44.8 Å². The maximum absolute atomic E-state index is 11.0. The van der Waals surface area contributed by atoms with Gasteiger partial charge in [-0.1, -0.05) is 0 Å². The highest BCUT2D eigenvalue weighted by molar-refractivity contribution is 8.13. The molecule has 1 aliphatic heterocycles. The van der Waals surface area contributed by atoms with Crippen LogP contribution < -0.4 is 9.47 Å². The first-order chi connectivity index (χ1) is 6.79. The van der Waals surface area contributed by atoms with Crippen molar-refractivity contribution in [1.82, 2.24) is 0 Å². The maximum Gasteiger partial charge on any atom is 0.371 e. The van der Waals surface area contributed by atoms with Gasteiger partial charge in [-0.25, -0.2) is 4.79 Å². The standard InChI is InChI=1S/C9H8O4S/c1-11-9(10)14-6-2-3-7-8(4-6)13-5-12-7/h2-4H,5H2,1H3. The van der Waals surface area contributed by atoms with Crippen molar-refractivity contribution >= 4 is 17.1 Å². The third-order valence-corrected chi connectivity index (χ3v) is 2.53. The third kappa shape index (κ3) is 1.77. The van der Waals surface area contributed by atoms with E-state index in [-0.39, 0.29) is 12.1 Å². The fraction of sp³-hybridized carbons (Fsp3) is 0.222. The number of methoxy groups -OCH3 is 1. The highest BCUT2D eigenvalue weighted by Crippen LogP contribution is 2.35. The van der Waals surface area contributed by atoms with E-state index in [2.05, 4.69) is 4.74 Å². The van der Waals surface area contributed by atoms with Gasteiger partial charge in [0.25, 0.3) is 0 Å². The van der Waals surface area contributed by atoms with Gasteiger partial charge in [-0.15, -0.1) is 0 Å². The molecule has 0 N–H and O–H groups in total. The van der Waals surface area contributed by atoms with Crippen molar-refractivity contribution in [2.45, 2.75) is 4.90 Å². The first-order valence-electron chi connectivity index (χ1n) is 3.95. The van der Waals surface area contributed by atoms with Crippen molar-refractivity contribution in [1.29, 1.82) is 0 Å². The number of ether oxygens (including phenoxy) is 3. The molecule has 1 aliphatic rings. The van der Waals surface area contributed by atoms with Crippen LogP contribution >= 0.6 is 11.8 Å². The van der Waals surface area contributed by atoms with Crippen LogP contribution in [0.2, 0.25) is 0 Å². The molecule has 0 spiro atoms. The zero-order chi connectivity index (χ0) is 9.97. The average Bonchev–Trinajstić information content (AvgIpc) is 2.64. The SMILES string of the molecule is COC(=O)Sc1ccc2c(c1)OCO2. The molecule has 0 atom stereocenters. The maximum atomic E-state index is 11.0. The van der Waals surface area contributed by atoms with Crippen molar-refractivity contribution in [2.24, 2.45) is 0 Å². The molecule has 0 saturated carbocycles. The fourth-order valence-corrected chi connectivity index (χ4v) is 1.66. The number of rotatable bonds is 1. The van der Waals surface area contributed by atoms with Crippen LogP contribution in [-0.4, -0.2) is 19.2 Å². The molecule has 4 nitrogen and oxygen atoms in total. The molecule has 0 aromatic heterocycles. The lowest BCUT2D eigenvalue weighted by Crippen LogP contribution is -1.93. The summed E-state index contributed by atoms with van der Waals surface area (Å²) in [6.07, 6.45) is 0. The number of carbonyl (C=O) groups is 1. The second kappa shape index (κ2) is 3.79. The summed E-state index contributed by atoms with van der Waals surface area (Å²) < 4.78 is 14.8. The molecule has 14 heavy (non-hydrogen) atoms. The van der Waals surface area contributed by atoms with E-state index in [9.17, 15) is 4.79 Å². The van der Waals surface area contributed by atoms with Crippen molar-refractivity contribution in [2.75, 3.05) is 13.9 Å². The zero-order valence-electron chi connectivity index (χ0n) is 7.48. The Kier molecular flexibility index (Phi) is 2.49. The summed E-state index contributed by atoms with van der Waals surface area (Å²) in [6, 6.07) is 5.31. The second-order valence-corrected chi connectivity index (χ2v) is 3.58. The highest BCUT2D eigenvalue weighted by Gasteiger charge is 2.14. The van der Waals surface area contributed by atoms with Gasteiger partial charge in [0.15, 0.2) is 11.5 Å². The molecule has 74 valence electrons. The molecule has 0 unspecified atom stereocenters. The predicted molar refractivity (Wildman–Crippen MR) is 50.8 cm³/mol. The van der Waals surface area contributed by atoms with Gasteiger partial charge in [-0.05, 0) is 30.0 Å². The van der Waals surface area contributed by atoms with Crippen LogP contribution in [0, 0.1) is 0 Å². The lowest BCUT2D eigenvalue weighted by Gasteiger charge is -2.00. The normalized spacial score (nSPS) is 12.6. The van der Waals surface area contributed by atoms with E-state index in [1.807, 2.05) is 0 Å². The number of fused-ring (bicyclic) bond motifs is 1. The van der Waals surface area contributed by atoms with Crippen molar-refractivity contribution in [3.63, 3.8) is 0 Å². The van der Waals surface area contributed by atoms with Crippen LogP contribution in [0.3, 0.4) is 0 Å². The monoisotopic (exact) mass is 212 g/mol. The summed E-state index contributed by atoms with van der Waals surface area (Å²) in [6.45, 7) is 0.238. The largest absolute Gasteiger partial charge is 0.461 e. The van der Waals surface area contributed by atoms with Gasteiger partial charge in [0.1, 0.15) is 0 Å². The molecule has 0 saturated heterocycles. The Morgan fingerprint density at radius 3 is 3.00 bits per heavy atom. The Bertz CT molecular complexity index is 364. The van der Waals surface area contributed by atoms with E-state index in [0.29, 0.717) is 11.5 Å². The van der Waals surface area contributed by atoms with E-state index in [0.717, 1.165) is 16.7 Å². The summed E-state index contributed by atoms with van der Waals surface area (Å²) in [5.74, 6) is 1.37. The molecular weight excluding hydrogens is 204 g/mol. The van der Waals surface area contributed by atoms with Gasteiger partial charge < -0.3 is 14.2 Å². The average molecular weight is 212 g/mol. The van der Waals surface area contributed by atoms with E-state index in [1.54, 1.807) is 18.2 Å². The molecule has 1 aromatic rings. The summed E-state index contributed by atoms with van der Waals surface area (Å²) in [4.78, 5) is 11.7. The van der Waals surface area contributed by atoms with Crippen LogP contribution in [0.5, 0.6) is 11.5 Å². The number of carbonyl (C=O) groups excluding carboxylic acids is 1. The molecule has 0 amide bonds. The molecule has 1 heterocycles. The number of hydrogen-bond donors (Lipinski definition) is 0. The van der Waals surface area contributed by atoms with Crippen molar-refractivity contribution < 1.29 is 19.0 Å². The minimum atomic E-state index is -0.344.